The summed E-state index contributed by atoms with van der Waals surface area (Å²) in [6.45, 7) is 8.38. The average molecular weight is 419 g/mol. The molecule has 1 aliphatic heterocycles. The van der Waals surface area contributed by atoms with Gasteiger partial charge in [0.1, 0.15) is 5.82 Å². The maximum atomic E-state index is 13.3. The number of anilines is 1. The smallest absolute Gasteiger partial charge is 0.255 e. The summed E-state index contributed by atoms with van der Waals surface area (Å²) in [6, 6.07) is 7.24. The lowest BCUT2D eigenvalue weighted by Gasteiger charge is -2.30. The van der Waals surface area contributed by atoms with E-state index in [9.17, 15) is 17.6 Å². The minimum absolute atomic E-state index is 0.174. The van der Waals surface area contributed by atoms with Crippen LogP contribution in [0.3, 0.4) is 0 Å². The molecule has 1 N–H and O–H groups in total. The van der Waals surface area contributed by atoms with Gasteiger partial charge in [-0.3, -0.25) is 4.79 Å². The number of rotatable bonds is 4. The molecule has 0 aliphatic carbocycles. The Balaban J connectivity index is 1.94. The van der Waals surface area contributed by atoms with Crippen LogP contribution in [0.5, 0.6) is 0 Å². The number of carbonyl (C=O) groups excluding carboxylic acids is 1. The molecular weight excluding hydrogens is 391 g/mol. The van der Waals surface area contributed by atoms with Crippen molar-refractivity contribution in [3.8, 4) is 0 Å². The van der Waals surface area contributed by atoms with E-state index >= 15 is 0 Å². The highest BCUT2D eigenvalue weighted by Gasteiger charge is 2.30. The molecule has 156 valence electrons. The summed E-state index contributed by atoms with van der Waals surface area (Å²) in [7, 11) is -3.68. The highest BCUT2D eigenvalue weighted by atomic mass is 32.2. The van der Waals surface area contributed by atoms with Crippen LogP contribution in [0.4, 0.5) is 10.1 Å². The molecule has 1 amide bonds. The lowest BCUT2D eigenvalue weighted by molar-refractivity contribution is 0.102. The first kappa shape index (κ1) is 21.5. The van der Waals surface area contributed by atoms with Gasteiger partial charge in [-0.15, -0.1) is 0 Å². The van der Waals surface area contributed by atoms with Gasteiger partial charge in [-0.25, -0.2) is 12.8 Å². The van der Waals surface area contributed by atoms with E-state index in [0.29, 0.717) is 35.8 Å². The van der Waals surface area contributed by atoms with Crippen LogP contribution in [0.25, 0.3) is 0 Å². The molecule has 29 heavy (non-hydrogen) atoms. The van der Waals surface area contributed by atoms with Gasteiger partial charge in [-0.1, -0.05) is 6.92 Å². The van der Waals surface area contributed by atoms with E-state index in [2.05, 4.69) is 12.2 Å². The SMILES string of the molecule is Cc1cc(F)ccc1NC(=O)c1cc(C)c(C)c(S(=O)(=O)N2CCC(C)CC2)c1. The molecule has 0 bridgehead atoms. The van der Waals surface area contributed by atoms with Crippen molar-refractivity contribution in [1.29, 1.82) is 0 Å². The van der Waals surface area contributed by atoms with Gasteiger partial charge in [-0.05, 0) is 86.6 Å². The molecular formula is C22H27FN2O3S. The number of amides is 1. The van der Waals surface area contributed by atoms with Crippen molar-refractivity contribution in [1.82, 2.24) is 4.31 Å². The number of hydrogen-bond acceptors (Lipinski definition) is 3. The molecule has 0 aromatic heterocycles. The molecule has 0 spiro atoms. The molecule has 0 radical (unpaired) electrons. The minimum atomic E-state index is -3.68. The van der Waals surface area contributed by atoms with E-state index in [0.717, 1.165) is 18.4 Å². The Bertz CT molecular complexity index is 1040. The van der Waals surface area contributed by atoms with Gasteiger partial charge in [0.05, 0.1) is 4.90 Å². The Morgan fingerprint density at radius 1 is 1.07 bits per heavy atom. The average Bonchev–Trinajstić information content (AvgIpc) is 2.66. The summed E-state index contributed by atoms with van der Waals surface area (Å²) in [5.74, 6) is -0.289. The Morgan fingerprint density at radius 3 is 2.34 bits per heavy atom. The summed E-state index contributed by atoms with van der Waals surface area (Å²) in [6.07, 6.45) is 1.67. The van der Waals surface area contributed by atoms with E-state index in [-0.39, 0.29) is 16.3 Å². The Hall–Kier alpha value is -2.25. The minimum Gasteiger partial charge on any atom is -0.322 e. The summed E-state index contributed by atoms with van der Waals surface area (Å²) < 4.78 is 41.3. The zero-order valence-electron chi connectivity index (χ0n) is 17.3. The molecule has 2 aromatic rings. The number of benzene rings is 2. The highest BCUT2D eigenvalue weighted by Crippen LogP contribution is 2.28. The first-order valence-corrected chi connectivity index (χ1v) is 11.2. The fourth-order valence-electron chi connectivity index (χ4n) is 3.55. The van der Waals surface area contributed by atoms with Gasteiger partial charge in [0.25, 0.3) is 5.91 Å². The third-order valence-corrected chi connectivity index (χ3v) is 7.70. The Morgan fingerprint density at radius 2 is 1.72 bits per heavy atom. The van der Waals surface area contributed by atoms with E-state index in [1.165, 1.54) is 28.6 Å². The maximum Gasteiger partial charge on any atom is 0.255 e. The van der Waals surface area contributed by atoms with Crippen LogP contribution in [0.15, 0.2) is 35.2 Å². The van der Waals surface area contributed by atoms with Gasteiger partial charge < -0.3 is 5.32 Å². The maximum absolute atomic E-state index is 13.3. The van der Waals surface area contributed by atoms with Crippen molar-refractivity contribution >= 4 is 21.6 Å². The number of aryl methyl sites for hydroxylation is 2. The second-order valence-corrected chi connectivity index (χ2v) is 9.82. The third-order valence-electron chi connectivity index (χ3n) is 5.68. The van der Waals surface area contributed by atoms with Crippen LogP contribution >= 0.6 is 0 Å². The monoisotopic (exact) mass is 418 g/mol. The van der Waals surface area contributed by atoms with Crippen LogP contribution in [-0.4, -0.2) is 31.7 Å². The third kappa shape index (κ3) is 4.51. The second-order valence-electron chi connectivity index (χ2n) is 7.92. The summed E-state index contributed by atoms with van der Waals surface area (Å²) in [5.41, 5.74) is 2.73. The number of hydrogen-bond donors (Lipinski definition) is 1. The first-order valence-electron chi connectivity index (χ1n) is 9.78. The number of piperidine rings is 1. The predicted molar refractivity (Wildman–Crippen MR) is 112 cm³/mol. The molecule has 7 heteroatoms. The van der Waals surface area contributed by atoms with Gasteiger partial charge in [-0.2, -0.15) is 4.31 Å². The highest BCUT2D eigenvalue weighted by molar-refractivity contribution is 7.89. The molecule has 1 saturated heterocycles. The first-order chi connectivity index (χ1) is 13.6. The van der Waals surface area contributed by atoms with Crippen LogP contribution in [0.1, 0.15) is 46.8 Å². The molecule has 0 unspecified atom stereocenters. The number of carbonyl (C=O) groups is 1. The van der Waals surface area contributed by atoms with E-state index in [1.54, 1.807) is 26.8 Å². The van der Waals surface area contributed by atoms with Crippen LogP contribution < -0.4 is 5.32 Å². The quantitative estimate of drug-likeness (QED) is 0.799. The zero-order chi connectivity index (χ0) is 21.3. The fourth-order valence-corrected chi connectivity index (χ4v) is 5.35. The molecule has 1 aliphatic rings. The molecule has 0 atom stereocenters. The van der Waals surface area contributed by atoms with Gasteiger partial charge >= 0.3 is 0 Å². The molecule has 2 aromatic carbocycles. The fraction of sp³-hybridized carbons (Fsp3) is 0.409. The van der Waals surface area contributed by atoms with Crippen molar-refractivity contribution in [2.45, 2.75) is 45.4 Å². The Kier molecular flexibility index (Phi) is 6.10. The number of nitrogens with one attached hydrogen (secondary N) is 1. The van der Waals surface area contributed by atoms with Crippen LogP contribution in [0.2, 0.25) is 0 Å². The predicted octanol–water partition coefficient (Wildman–Crippen LogP) is 4.42. The number of nitrogens with zero attached hydrogens (tertiary/aromatic N) is 1. The van der Waals surface area contributed by atoms with Crippen molar-refractivity contribution < 1.29 is 17.6 Å². The molecule has 1 fully saturated rings. The number of halogens is 1. The summed E-state index contributed by atoms with van der Waals surface area (Å²) in [5, 5.41) is 2.75. The van der Waals surface area contributed by atoms with Crippen LogP contribution in [-0.2, 0) is 10.0 Å². The summed E-state index contributed by atoms with van der Waals surface area (Å²) >= 11 is 0. The topological polar surface area (TPSA) is 66.5 Å². The lowest BCUT2D eigenvalue weighted by atomic mass is 10.0. The van der Waals surface area contributed by atoms with Gasteiger partial charge in [0, 0.05) is 24.3 Å². The van der Waals surface area contributed by atoms with Crippen molar-refractivity contribution in [2.24, 2.45) is 5.92 Å². The van der Waals surface area contributed by atoms with Crippen molar-refractivity contribution in [3.63, 3.8) is 0 Å². The lowest BCUT2D eigenvalue weighted by Crippen LogP contribution is -2.38. The largest absolute Gasteiger partial charge is 0.322 e. The van der Waals surface area contributed by atoms with Gasteiger partial charge in [0.2, 0.25) is 10.0 Å². The van der Waals surface area contributed by atoms with E-state index in [1.807, 2.05) is 0 Å². The molecule has 5 nitrogen and oxygen atoms in total. The van der Waals surface area contributed by atoms with Crippen molar-refractivity contribution in [2.75, 3.05) is 18.4 Å². The normalized spacial score (nSPS) is 16.0. The number of sulfonamides is 1. The van der Waals surface area contributed by atoms with E-state index < -0.39 is 15.9 Å². The molecule has 3 rings (SSSR count). The van der Waals surface area contributed by atoms with Crippen molar-refractivity contribution in [3.05, 3.63) is 58.4 Å². The van der Waals surface area contributed by atoms with Gasteiger partial charge in [0.15, 0.2) is 0 Å². The van der Waals surface area contributed by atoms with E-state index in [4.69, 9.17) is 0 Å². The standard InChI is InChI=1S/C22H27FN2O3S/c1-14-7-9-25(10-8-14)29(27,28)21-13-18(11-15(2)17(21)4)22(26)24-20-6-5-19(23)12-16(20)3/h5-6,11-14H,7-10H2,1-4H3,(H,24,26). The molecule has 0 saturated carbocycles. The molecule has 1 heterocycles. The summed E-state index contributed by atoms with van der Waals surface area (Å²) in [4.78, 5) is 13.0. The Labute approximate surface area is 172 Å². The zero-order valence-corrected chi connectivity index (χ0v) is 18.1. The second kappa shape index (κ2) is 8.24. The van der Waals surface area contributed by atoms with Crippen LogP contribution in [0, 0.1) is 32.5 Å².